The zero-order chi connectivity index (χ0) is 7.68. The molecule has 0 saturated heterocycles. The summed E-state index contributed by atoms with van der Waals surface area (Å²) in [5.41, 5.74) is 2.25. The number of hydrogen-bond donors (Lipinski definition) is 0. The smallest absolute Gasteiger partial charge is 0.116 e. The van der Waals surface area contributed by atoms with Gasteiger partial charge in [0.2, 0.25) is 0 Å². The van der Waals surface area contributed by atoms with Gasteiger partial charge in [0.1, 0.15) is 6.33 Å². The minimum atomic E-state index is 1.01. The van der Waals surface area contributed by atoms with Gasteiger partial charge in [-0.1, -0.05) is 11.6 Å². The SMILES string of the molecule is Cc1ccc2ncncc2c1. The molecule has 54 valence electrons. The Morgan fingerprint density at radius 2 is 2.18 bits per heavy atom. The summed E-state index contributed by atoms with van der Waals surface area (Å²) in [7, 11) is 0. The molecule has 0 N–H and O–H groups in total. The molecular formula is C9H8N2. The molecule has 2 nitrogen and oxygen atoms in total. The second kappa shape index (κ2) is 2.31. The molecule has 0 aliphatic carbocycles. The molecule has 0 spiro atoms. The van der Waals surface area contributed by atoms with Crippen molar-refractivity contribution in [2.45, 2.75) is 6.92 Å². The van der Waals surface area contributed by atoms with Crippen molar-refractivity contribution in [2.75, 3.05) is 0 Å². The first-order valence-corrected chi connectivity index (χ1v) is 3.52. The fraction of sp³-hybridized carbons (Fsp3) is 0.111. The number of fused-ring (bicyclic) bond motifs is 1. The summed E-state index contributed by atoms with van der Waals surface area (Å²) >= 11 is 0. The fourth-order valence-corrected chi connectivity index (χ4v) is 1.10. The van der Waals surface area contributed by atoms with Gasteiger partial charge in [0, 0.05) is 11.6 Å². The van der Waals surface area contributed by atoms with Crippen LogP contribution in [0.3, 0.4) is 0 Å². The summed E-state index contributed by atoms with van der Waals surface area (Å²) in [6.07, 6.45) is 3.40. The van der Waals surface area contributed by atoms with Gasteiger partial charge < -0.3 is 0 Å². The molecule has 1 aromatic heterocycles. The number of benzene rings is 1. The van der Waals surface area contributed by atoms with Gasteiger partial charge >= 0.3 is 0 Å². The first-order valence-electron chi connectivity index (χ1n) is 3.52. The lowest BCUT2D eigenvalue weighted by atomic mass is 10.2. The Hall–Kier alpha value is -1.44. The molecular weight excluding hydrogens is 136 g/mol. The van der Waals surface area contributed by atoms with E-state index < -0.39 is 0 Å². The summed E-state index contributed by atoms with van der Waals surface area (Å²) in [6.45, 7) is 2.06. The molecule has 0 atom stereocenters. The van der Waals surface area contributed by atoms with Crippen LogP contribution < -0.4 is 0 Å². The molecule has 2 aromatic rings. The van der Waals surface area contributed by atoms with Crippen molar-refractivity contribution >= 4 is 10.9 Å². The van der Waals surface area contributed by atoms with Gasteiger partial charge in [0.05, 0.1) is 5.52 Å². The van der Waals surface area contributed by atoms with Crippen LogP contribution in [0.5, 0.6) is 0 Å². The maximum Gasteiger partial charge on any atom is 0.116 e. The lowest BCUT2D eigenvalue weighted by Gasteiger charge is -1.95. The predicted molar refractivity (Wildman–Crippen MR) is 44.3 cm³/mol. The van der Waals surface area contributed by atoms with Crippen molar-refractivity contribution < 1.29 is 0 Å². The summed E-state index contributed by atoms with van der Waals surface area (Å²) in [5, 5.41) is 1.10. The van der Waals surface area contributed by atoms with Crippen molar-refractivity contribution in [2.24, 2.45) is 0 Å². The highest BCUT2D eigenvalue weighted by Crippen LogP contribution is 2.10. The average Bonchev–Trinajstić information content (AvgIpc) is 2.04. The Morgan fingerprint density at radius 1 is 1.27 bits per heavy atom. The van der Waals surface area contributed by atoms with E-state index >= 15 is 0 Å². The molecule has 0 saturated carbocycles. The molecule has 11 heavy (non-hydrogen) atoms. The van der Waals surface area contributed by atoms with Crippen molar-refractivity contribution in [1.82, 2.24) is 9.97 Å². The van der Waals surface area contributed by atoms with Gasteiger partial charge in [0.25, 0.3) is 0 Å². The van der Waals surface area contributed by atoms with Crippen LogP contribution in [-0.2, 0) is 0 Å². The molecule has 0 aliphatic heterocycles. The van der Waals surface area contributed by atoms with Crippen molar-refractivity contribution in [1.29, 1.82) is 0 Å². The number of rotatable bonds is 0. The maximum absolute atomic E-state index is 4.11. The minimum Gasteiger partial charge on any atom is -0.244 e. The quantitative estimate of drug-likeness (QED) is 0.564. The summed E-state index contributed by atoms with van der Waals surface area (Å²) < 4.78 is 0. The number of aromatic nitrogens is 2. The first-order chi connectivity index (χ1) is 5.36. The predicted octanol–water partition coefficient (Wildman–Crippen LogP) is 1.94. The molecule has 0 fully saturated rings. The van der Waals surface area contributed by atoms with Crippen LogP contribution in [0.2, 0.25) is 0 Å². The molecule has 2 rings (SSSR count). The van der Waals surface area contributed by atoms with E-state index in [1.807, 2.05) is 12.3 Å². The molecule has 2 heteroatoms. The number of aryl methyl sites for hydroxylation is 1. The number of hydrogen-bond acceptors (Lipinski definition) is 2. The van der Waals surface area contributed by atoms with Gasteiger partial charge in [-0.3, -0.25) is 0 Å². The van der Waals surface area contributed by atoms with Gasteiger partial charge in [-0.25, -0.2) is 9.97 Å². The van der Waals surface area contributed by atoms with Crippen LogP contribution >= 0.6 is 0 Å². The molecule has 0 aliphatic rings. The molecule has 1 aromatic carbocycles. The van der Waals surface area contributed by atoms with E-state index in [0.29, 0.717) is 0 Å². The standard InChI is InChI=1S/C9H8N2/c1-7-2-3-9-8(4-7)5-10-6-11-9/h2-6H,1H3. The highest BCUT2D eigenvalue weighted by atomic mass is 14.8. The third-order valence-corrected chi connectivity index (χ3v) is 1.66. The second-order valence-electron chi connectivity index (χ2n) is 2.59. The van der Waals surface area contributed by atoms with E-state index in [0.717, 1.165) is 10.9 Å². The van der Waals surface area contributed by atoms with E-state index in [1.54, 1.807) is 6.33 Å². The molecule has 0 radical (unpaired) electrons. The Balaban J connectivity index is 2.83. The Bertz CT molecular complexity index is 382. The van der Waals surface area contributed by atoms with Crippen molar-refractivity contribution in [3.05, 3.63) is 36.3 Å². The monoisotopic (exact) mass is 144 g/mol. The lowest BCUT2D eigenvalue weighted by molar-refractivity contribution is 1.22. The largest absolute Gasteiger partial charge is 0.244 e. The summed E-state index contributed by atoms with van der Waals surface area (Å²) in [6, 6.07) is 6.14. The molecule has 0 unspecified atom stereocenters. The Kier molecular flexibility index (Phi) is 1.32. The van der Waals surface area contributed by atoms with Crippen LogP contribution in [0.25, 0.3) is 10.9 Å². The van der Waals surface area contributed by atoms with Crippen LogP contribution in [0.4, 0.5) is 0 Å². The first kappa shape index (κ1) is 6.28. The van der Waals surface area contributed by atoms with Gasteiger partial charge in [-0.15, -0.1) is 0 Å². The lowest BCUT2D eigenvalue weighted by Crippen LogP contribution is -1.80. The zero-order valence-electron chi connectivity index (χ0n) is 6.28. The van der Waals surface area contributed by atoms with Crippen LogP contribution in [0, 0.1) is 6.92 Å². The highest BCUT2D eigenvalue weighted by molar-refractivity contribution is 5.77. The second-order valence-corrected chi connectivity index (χ2v) is 2.59. The van der Waals surface area contributed by atoms with Gasteiger partial charge in [-0.2, -0.15) is 0 Å². The van der Waals surface area contributed by atoms with E-state index in [1.165, 1.54) is 5.56 Å². The Morgan fingerprint density at radius 3 is 3.09 bits per heavy atom. The van der Waals surface area contributed by atoms with Crippen molar-refractivity contribution in [3.8, 4) is 0 Å². The van der Waals surface area contributed by atoms with Gasteiger partial charge in [0.15, 0.2) is 0 Å². The molecule has 1 heterocycles. The maximum atomic E-state index is 4.11. The van der Waals surface area contributed by atoms with E-state index in [-0.39, 0.29) is 0 Å². The van der Waals surface area contributed by atoms with Gasteiger partial charge in [-0.05, 0) is 19.1 Å². The van der Waals surface area contributed by atoms with Crippen LogP contribution in [0.15, 0.2) is 30.7 Å². The normalized spacial score (nSPS) is 10.3. The van der Waals surface area contributed by atoms with Crippen LogP contribution in [0.1, 0.15) is 5.56 Å². The summed E-state index contributed by atoms with van der Waals surface area (Å²) in [5.74, 6) is 0. The average molecular weight is 144 g/mol. The highest BCUT2D eigenvalue weighted by Gasteiger charge is 1.91. The topological polar surface area (TPSA) is 25.8 Å². The molecule has 0 bridgehead atoms. The van der Waals surface area contributed by atoms with Crippen molar-refractivity contribution in [3.63, 3.8) is 0 Å². The number of nitrogens with zero attached hydrogens (tertiary/aromatic N) is 2. The fourth-order valence-electron chi connectivity index (χ4n) is 1.10. The third kappa shape index (κ3) is 1.07. The van der Waals surface area contributed by atoms with E-state index in [4.69, 9.17) is 0 Å². The summed E-state index contributed by atoms with van der Waals surface area (Å²) in [4.78, 5) is 8.05. The van der Waals surface area contributed by atoms with Crippen LogP contribution in [-0.4, -0.2) is 9.97 Å². The van der Waals surface area contributed by atoms with E-state index in [9.17, 15) is 0 Å². The van der Waals surface area contributed by atoms with E-state index in [2.05, 4.69) is 29.0 Å². The third-order valence-electron chi connectivity index (χ3n) is 1.66. The molecule has 0 amide bonds. The Labute approximate surface area is 64.9 Å². The minimum absolute atomic E-state index is 1.01. The zero-order valence-corrected chi connectivity index (χ0v) is 6.28.